The van der Waals surface area contributed by atoms with Gasteiger partial charge in [0.2, 0.25) is 0 Å². The number of ether oxygens (including phenoxy) is 1. The largest absolute Gasteiger partial charge is 0.370 e. The topological polar surface area (TPSA) is 9.23 Å². The lowest BCUT2D eigenvalue weighted by atomic mass is 10.5. The molecule has 0 aromatic heterocycles. The molecule has 0 saturated carbocycles. The highest BCUT2D eigenvalue weighted by molar-refractivity contribution is 8.05. The van der Waals surface area contributed by atoms with E-state index in [1.807, 2.05) is 23.9 Å². The van der Waals surface area contributed by atoms with Crippen molar-refractivity contribution in [1.29, 1.82) is 0 Å². The number of rotatable bonds is 2. The molecular weight excluding hydrogens is 166 g/mol. The van der Waals surface area contributed by atoms with E-state index in [0.717, 1.165) is 29.6 Å². The predicted octanol–water partition coefficient (Wildman–Crippen LogP) is 1.39. The lowest BCUT2D eigenvalue weighted by Crippen LogP contribution is -2.43. The SMILES string of the molecule is CS[N+]1(SC)CCOCC1. The Bertz CT molecular complexity index is 97.9. The molecule has 4 heteroatoms. The lowest BCUT2D eigenvalue weighted by Gasteiger charge is -2.34. The van der Waals surface area contributed by atoms with Crippen LogP contribution in [0, 0.1) is 0 Å². The van der Waals surface area contributed by atoms with E-state index in [-0.39, 0.29) is 0 Å². The minimum Gasteiger partial charge on any atom is -0.370 e. The van der Waals surface area contributed by atoms with Crippen molar-refractivity contribution in [2.24, 2.45) is 0 Å². The number of nitrogens with zero attached hydrogens (tertiary/aromatic N) is 1. The molecule has 0 unspecified atom stereocenters. The normalized spacial score (nSPS) is 24.6. The van der Waals surface area contributed by atoms with Gasteiger partial charge in [0.1, 0.15) is 13.1 Å². The van der Waals surface area contributed by atoms with E-state index in [1.54, 1.807) is 0 Å². The van der Waals surface area contributed by atoms with E-state index in [9.17, 15) is 0 Å². The molecule has 0 N–H and O–H groups in total. The fourth-order valence-corrected chi connectivity index (χ4v) is 2.69. The molecule has 0 aromatic rings. The van der Waals surface area contributed by atoms with Crippen LogP contribution in [-0.2, 0) is 4.74 Å². The quantitative estimate of drug-likeness (QED) is 0.469. The molecule has 1 aliphatic heterocycles. The minimum absolute atomic E-state index is 0.918. The average Bonchev–Trinajstić information content (AvgIpc) is 2.06. The van der Waals surface area contributed by atoms with Gasteiger partial charge in [-0.3, -0.25) is 0 Å². The maximum absolute atomic E-state index is 5.29. The highest BCUT2D eigenvalue weighted by Crippen LogP contribution is 2.31. The highest BCUT2D eigenvalue weighted by atomic mass is 32.2. The first kappa shape index (κ1) is 8.71. The fraction of sp³-hybridized carbons (Fsp3) is 1.00. The summed E-state index contributed by atoms with van der Waals surface area (Å²) in [6, 6.07) is 0. The third-order valence-corrected chi connectivity index (χ3v) is 4.77. The molecule has 1 heterocycles. The minimum atomic E-state index is 0.918. The third kappa shape index (κ3) is 1.81. The molecule has 0 radical (unpaired) electrons. The summed E-state index contributed by atoms with van der Waals surface area (Å²) in [4.78, 5) is 0. The summed E-state index contributed by atoms with van der Waals surface area (Å²) in [5.74, 6) is 0. The average molecular weight is 180 g/mol. The molecule has 0 atom stereocenters. The van der Waals surface area contributed by atoms with Crippen LogP contribution in [0.4, 0.5) is 0 Å². The predicted molar refractivity (Wildman–Crippen MR) is 47.8 cm³/mol. The molecule has 0 bridgehead atoms. The smallest absolute Gasteiger partial charge is 0.124 e. The maximum Gasteiger partial charge on any atom is 0.124 e. The van der Waals surface area contributed by atoms with Crippen LogP contribution in [0.15, 0.2) is 0 Å². The zero-order chi connectivity index (χ0) is 7.45. The maximum atomic E-state index is 5.29. The second-order valence-electron chi connectivity index (χ2n) is 2.24. The number of quaternary nitrogens is 1. The Labute approximate surface area is 71.2 Å². The second-order valence-corrected chi connectivity index (χ2v) is 4.60. The lowest BCUT2D eigenvalue weighted by molar-refractivity contribution is -0.662. The summed E-state index contributed by atoms with van der Waals surface area (Å²) >= 11 is 3.83. The van der Waals surface area contributed by atoms with Crippen molar-refractivity contribution in [1.82, 2.24) is 0 Å². The Kier molecular flexibility index (Phi) is 3.36. The van der Waals surface area contributed by atoms with Gasteiger partial charge in [-0.2, -0.15) is 3.29 Å². The van der Waals surface area contributed by atoms with Gasteiger partial charge >= 0.3 is 0 Å². The van der Waals surface area contributed by atoms with Gasteiger partial charge in [-0.05, 0) is 0 Å². The monoisotopic (exact) mass is 180 g/mol. The van der Waals surface area contributed by atoms with Gasteiger partial charge in [-0.1, -0.05) is 0 Å². The zero-order valence-corrected chi connectivity index (χ0v) is 8.13. The molecule has 1 saturated heterocycles. The zero-order valence-electron chi connectivity index (χ0n) is 6.50. The number of morpholine rings is 1. The van der Waals surface area contributed by atoms with Crippen molar-refractivity contribution in [3.05, 3.63) is 0 Å². The molecule has 0 aliphatic carbocycles. The Hall–Kier alpha value is 0.620. The van der Waals surface area contributed by atoms with Crippen LogP contribution in [0.5, 0.6) is 0 Å². The van der Waals surface area contributed by atoms with E-state index in [4.69, 9.17) is 4.74 Å². The van der Waals surface area contributed by atoms with E-state index >= 15 is 0 Å². The van der Waals surface area contributed by atoms with Gasteiger partial charge in [0.25, 0.3) is 0 Å². The summed E-state index contributed by atoms with van der Waals surface area (Å²) in [7, 11) is 0. The van der Waals surface area contributed by atoms with Gasteiger partial charge < -0.3 is 4.74 Å². The third-order valence-electron chi connectivity index (χ3n) is 1.82. The summed E-state index contributed by atoms with van der Waals surface area (Å²) < 4.78 is 6.38. The molecule has 1 aliphatic rings. The molecule has 60 valence electrons. The molecule has 0 spiro atoms. The Morgan fingerprint density at radius 2 is 1.60 bits per heavy atom. The highest BCUT2D eigenvalue weighted by Gasteiger charge is 2.30. The standard InChI is InChI=1S/C6H14NOS2/c1-9-7(10-2)3-5-8-6-4-7/h3-6H2,1-2H3/q+1. The number of hydrogen-bond acceptors (Lipinski definition) is 3. The Morgan fingerprint density at radius 1 is 1.10 bits per heavy atom. The first-order valence-corrected chi connectivity index (χ1v) is 5.75. The van der Waals surface area contributed by atoms with E-state index < -0.39 is 0 Å². The van der Waals surface area contributed by atoms with Gasteiger partial charge in [-0.25, -0.2) is 0 Å². The molecule has 0 aromatic carbocycles. The molecule has 0 amide bonds. The van der Waals surface area contributed by atoms with Crippen molar-refractivity contribution >= 4 is 23.9 Å². The van der Waals surface area contributed by atoms with Crippen molar-refractivity contribution in [3.8, 4) is 0 Å². The van der Waals surface area contributed by atoms with Gasteiger partial charge in [0.15, 0.2) is 0 Å². The van der Waals surface area contributed by atoms with Crippen LogP contribution in [0.2, 0.25) is 0 Å². The van der Waals surface area contributed by atoms with Crippen molar-refractivity contribution < 1.29 is 8.03 Å². The van der Waals surface area contributed by atoms with Crippen LogP contribution in [-0.4, -0.2) is 42.1 Å². The molecule has 10 heavy (non-hydrogen) atoms. The van der Waals surface area contributed by atoms with Gasteiger partial charge in [0, 0.05) is 12.5 Å². The summed E-state index contributed by atoms with van der Waals surface area (Å²) in [6.07, 6.45) is 4.34. The van der Waals surface area contributed by atoms with Crippen LogP contribution in [0.3, 0.4) is 0 Å². The molecule has 2 nitrogen and oxygen atoms in total. The van der Waals surface area contributed by atoms with E-state index in [2.05, 4.69) is 12.5 Å². The second kappa shape index (κ2) is 3.85. The van der Waals surface area contributed by atoms with Crippen LogP contribution >= 0.6 is 23.9 Å². The molecule has 1 rings (SSSR count). The van der Waals surface area contributed by atoms with E-state index in [0.29, 0.717) is 0 Å². The fourth-order valence-electron chi connectivity index (χ4n) is 1.06. The van der Waals surface area contributed by atoms with Crippen molar-refractivity contribution in [3.63, 3.8) is 0 Å². The first-order chi connectivity index (χ1) is 4.83. The van der Waals surface area contributed by atoms with E-state index in [1.165, 1.54) is 0 Å². The number of hydrogen-bond donors (Lipinski definition) is 0. The summed E-state index contributed by atoms with van der Waals surface area (Å²) in [5, 5.41) is 0. The van der Waals surface area contributed by atoms with Crippen LogP contribution in [0.1, 0.15) is 0 Å². The van der Waals surface area contributed by atoms with Crippen LogP contribution < -0.4 is 0 Å². The molecular formula is C6H14NOS2+. The van der Waals surface area contributed by atoms with Crippen molar-refractivity contribution in [2.45, 2.75) is 0 Å². The summed E-state index contributed by atoms with van der Waals surface area (Å²) in [6.45, 7) is 4.12. The Balaban J connectivity index is 2.44. The van der Waals surface area contributed by atoms with Gasteiger partial charge in [0.05, 0.1) is 37.1 Å². The molecule has 1 fully saturated rings. The van der Waals surface area contributed by atoms with Crippen LogP contribution in [0.25, 0.3) is 0 Å². The first-order valence-electron chi connectivity index (χ1n) is 3.39. The Morgan fingerprint density at radius 3 is 1.90 bits per heavy atom. The van der Waals surface area contributed by atoms with Crippen molar-refractivity contribution in [2.75, 3.05) is 38.8 Å². The summed E-state index contributed by atoms with van der Waals surface area (Å²) in [5.41, 5.74) is 0. The van der Waals surface area contributed by atoms with Gasteiger partial charge in [-0.15, -0.1) is 0 Å².